The SMILES string of the molecule is NN=CCCC=O. The molecule has 0 heterocycles. The zero-order valence-electron chi connectivity index (χ0n) is 4.00. The number of carbonyl (C=O) groups excluding carboxylic acids is 1. The van der Waals surface area contributed by atoms with Crippen LogP contribution in [-0.2, 0) is 4.79 Å². The highest BCUT2D eigenvalue weighted by Gasteiger charge is 1.74. The maximum absolute atomic E-state index is 9.58. The number of nitrogens with two attached hydrogens (primary N) is 1. The maximum atomic E-state index is 9.58. The van der Waals surface area contributed by atoms with Crippen LogP contribution in [0.3, 0.4) is 0 Å². The molecule has 0 spiro atoms. The summed E-state index contributed by atoms with van der Waals surface area (Å²) in [5.74, 6) is 4.72. The zero-order chi connectivity index (χ0) is 5.54. The Morgan fingerprint density at radius 1 is 1.57 bits per heavy atom. The van der Waals surface area contributed by atoms with E-state index in [4.69, 9.17) is 5.84 Å². The zero-order valence-corrected chi connectivity index (χ0v) is 4.00. The van der Waals surface area contributed by atoms with Crippen molar-refractivity contribution in [3.63, 3.8) is 0 Å². The minimum absolute atomic E-state index is 0.515. The Morgan fingerprint density at radius 2 is 2.29 bits per heavy atom. The number of hydrogen-bond acceptors (Lipinski definition) is 3. The molecule has 0 rings (SSSR count). The molecule has 0 saturated heterocycles. The van der Waals surface area contributed by atoms with Crippen molar-refractivity contribution < 1.29 is 4.79 Å². The summed E-state index contributed by atoms with van der Waals surface area (Å²) in [5, 5.41) is 3.19. The number of hydrogen-bond donors (Lipinski definition) is 1. The van der Waals surface area contributed by atoms with Gasteiger partial charge in [-0.25, -0.2) is 0 Å². The van der Waals surface area contributed by atoms with E-state index in [1.807, 2.05) is 0 Å². The predicted octanol–water partition coefficient (Wildman–Crippen LogP) is -0.0900. The minimum Gasteiger partial charge on any atom is -0.324 e. The molecule has 0 aliphatic carbocycles. The monoisotopic (exact) mass is 100 g/mol. The lowest BCUT2D eigenvalue weighted by molar-refractivity contribution is -0.107. The second-order valence-corrected chi connectivity index (χ2v) is 1.08. The molecule has 0 fully saturated rings. The fourth-order valence-electron chi connectivity index (χ4n) is 0.217. The summed E-state index contributed by atoms with van der Waals surface area (Å²) in [6, 6.07) is 0. The maximum Gasteiger partial charge on any atom is 0.120 e. The first-order chi connectivity index (χ1) is 3.41. The molecule has 0 radical (unpaired) electrons. The van der Waals surface area contributed by atoms with E-state index in [9.17, 15) is 4.79 Å². The summed E-state index contributed by atoms with van der Waals surface area (Å²) in [6.07, 6.45) is 3.51. The van der Waals surface area contributed by atoms with Gasteiger partial charge in [-0.2, -0.15) is 5.10 Å². The second kappa shape index (κ2) is 5.14. The molecule has 0 atom stereocenters. The lowest BCUT2D eigenvalue weighted by Crippen LogP contribution is -1.82. The van der Waals surface area contributed by atoms with Gasteiger partial charge in [0.2, 0.25) is 0 Å². The molecule has 0 saturated carbocycles. The molecule has 7 heavy (non-hydrogen) atoms. The van der Waals surface area contributed by atoms with Gasteiger partial charge in [-0.05, 0) is 6.42 Å². The van der Waals surface area contributed by atoms with Gasteiger partial charge in [0.05, 0.1) is 0 Å². The van der Waals surface area contributed by atoms with Crippen LogP contribution in [0, 0.1) is 0 Å². The van der Waals surface area contributed by atoms with Crippen molar-refractivity contribution in [2.75, 3.05) is 0 Å². The fourth-order valence-corrected chi connectivity index (χ4v) is 0.217. The normalized spacial score (nSPS) is 9.71. The molecule has 0 aliphatic heterocycles. The Kier molecular flexibility index (Phi) is 4.51. The topological polar surface area (TPSA) is 55.4 Å². The molecule has 3 nitrogen and oxygen atoms in total. The molecule has 0 aliphatic rings. The number of carbonyl (C=O) groups is 1. The lowest BCUT2D eigenvalue weighted by atomic mass is 10.4. The van der Waals surface area contributed by atoms with Gasteiger partial charge in [0.15, 0.2) is 0 Å². The third-order valence-corrected chi connectivity index (χ3v) is 0.519. The van der Waals surface area contributed by atoms with E-state index in [0.717, 1.165) is 6.29 Å². The van der Waals surface area contributed by atoms with Gasteiger partial charge in [0.1, 0.15) is 6.29 Å². The quantitative estimate of drug-likeness (QED) is 0.177. The van der Waals surface area contributed by atoms with Crippen LogP contribution >= 0.6 is 0 Å². The van der Waals surface area contributed by atoms with Crippen molar-refractivity contribution in [2.24, 2.45) is 10.9 Å². The van der Waals surface area contributed by atoms with E-state index in [1.165, 1.54) is 6.21 Å². The van der Waals surface area contributed by atoms with Gasteiger partial charge >= 0.3 is 0 Å². The van der Waals surface area contributed by atoms with Crippen LogP contribution in [0.25, 0.3) is 0 Å². The fraction of sp³-hybridized carbons (Fsp3) is 0.500. The highest BCUT2D eigenvalue weighted by molar-refractivity contribution is 5.62. The highest BCUT2D eigenvalue weighted by Crippen LogP contribution is 1.74. The number of rotatable bonds is 3. The van der Waals surface area contributed by atoms with E-state index < -0.39 is 0 Å². The summed E-state index contributed by atoms with van der Waals surface area (Å²) in [7, 11) is 0. The average molecular weight is 100 g/mol. The van der Waals surface area contributed by atoms with Crippen molar-refractivity contribution >= 4 is 12.5 Å². The van der Waals surface area contributed by atoms with Gasteiger partial charge in [-0.1, -0.05) is 0 Å². The molecule has 40 valence electrons. The Balaban J connectivity index is 2.82. The highest BCUT2D eigenvalue weighted by atomic mass is 16.1. The summed E-state index contributed by atoms with van der Waals surface area (Å²) < 4.78 is 0. The van der Waals surface area contributed by atoms with E-state index in [-0.39, 0.29) is 0 Å². The average Bonchev–Trinajstić information content (AvgIpc) is 1.69. The van der Waals surface area contributed by atoms with Gasteiger partial charge in [0.25, 0.3) is 0 Å². The third-order valence-electron chi connectivity index (χ3n) is 0.519. The number of nitrogens with zero attached hydrogens (tertiary/aromatic N) is 1. The minimum atomic E-state index is 0.515. The van der Waals surface area contributed by atoms with Crippen LogP contribution in [0.15, 0.2) is 5.10 Å². The van der Waals surface area contributed by atoms with Gasteiger partial charge in [-0.3, -0.25) is 0 Å². The van der Waals surface area contributed by atoms with E-state index in [1.54, 1.807) is 0 Å². The van der Waals surface area contributed by atoms with Crippen molar-refractivity contribution in [1.29, 1.82) is 0 Å². The van der Waals surface area contributed by atoms with Crippen molar-refractivity contribution in [1.82, 2.24) is 0 Å². The predicted molar refractivity (Wildman–Crippen MR) is 28.0 cm³/mol. The lowest BCUT2D eigenvalue weighted by Gasteiger charge is -1.75. The van der Waals surface area contributed by atoms with E-state index >= 15 is 0 Å². The molecule has 0 aromatic heterocycles. The first-order valence-electron chi connectivity index (χ1n) is 2.07. The first kappa shape index (κ1) is 6.14. The Hall–Kier alpha value is -0.860. The Morgan fingerprint density at radius 3 is 2.71 bits per heavy atom. The molecule has 0 bridgehead atoms. The molecule has 0 amide bonds. The number of hydrazone groups is 1. The first-order valence-corrected chi connectivity index (χ1v) is 2.07. The number of unbranched alkanes of at least 4 members (excludes halogenated alkanes) is 1. The molecule has 0 aromatic rings. The van der Waals surface area contributed by atoms with Crippen LogP contribution in [-0.4, -0.2) is 12.5 Å². The van der Waals surface area contributed by atoms with Crippen LogP contribution in [0.4, 0.5) is 0 Å². The summed E-state index contributed by atoms with van der Waals surface area (Å²) in [5.41, 5.74) is 0. The van der Waals surface area contributed by atoms with Gasteiger partial charge < -0.3 is 10.6 Å². The van der Waals surface area contributed by atoms with Crippen molar-refractivity contribution in [3.05, 3.63) is 0 Å². The molecular weight excluding hydrogens is 92.1 g/mol. The number of aldehydes is 1. The third kappa shape index (κ3) is 5.14. The van der Waals surface area contributed by atoms with Crippen LogP contribution in [0.5, 0.6) is 0 Å². The summed E-state index contributed by atoms with van der Waals surface area (Å²) in [4.78, 5) is 9.58. The molecule has 0 aromatic carbocycles. The van der Waals surface area contributed by atoms with Crippen LogP contribution in [0.1, 0.15) is 12.8 Å². The Bertz CT molecular complexity index is 70.1. The summed E-state index contributed by atoms with van der Waals surface area (Å²) >= 11 is 0. The van der Waals surface area contributed by atoms with Gasteiger partial charge in [-0.15, -0.1) is 0 Å². The van der Waals surface area contributed by atoms with Crippen molar-refractivity contribution in [2.45, 2.75) is 12.8 Å². The van der Waals surface area contributed by atoms with Crippen LogP contribution in [0.2, 0.25) is 0 Å². The molecular formula is C4H8N2O. The Labute approximate surface area is 42.2 Å². The molecule has 0 unspecified atom stereocenters. The van der Waals surface area contributed by atoms with Crippen molar-refractivity contribution in [3.8, 4) is 0 Å². The summed E-state index contributed by atoms with van der Waals surface area (Å²) in [6.45, 7) is 0. The molecule has 3 heteroatoms. The van der Waals surface area contributed by atoms with E-state index in [2.05, 4.69) is 5.10 Å². The molecule has 2 N–H and O–H groups in total. The second-order valence-electron chi connectivity index (χ2n) is 1.08. The largest absolute Gasteiger partial charge is 0.324 e. The smallest absolute Gasteiger partial charge is 0.120 e. The van der Waals surface area contributed by atoms with Crippen LogP contribution < -0.4 is 5.84 Å². The van der Waals surface area contributed by atoms with Gasteiger partial charge in [0, 0.05) is 12.6 Å². The van der Waals surface area contributed by atoms with E-state index in [0.29, 0.717) is 12.8 Å². The standard InChI is InChI=1S/C4H8N2O/c5-6-3-1-2-4-7/h3-4H,1-2,5H2.